The molecule has 1 aromatic carbocycles. The van der Waals surface area contributed by atoms with Crippen molar-refractivity contribution in [3.8, 4) is 11.3 Å². The van der Waals surface area contributed by atoms with Crippen LogP contribution in [0.4, 0.5) is 8.78 Å². The van der Waals surface area contributed by atoms with E-state index in [4.69, 9.17) is 5.73 Å². The van der Waals surface area contributed by atoms with Crippen molar-refractivity contribution in [1.29, 1.82) is 0 Å². The van der Waals surface area contributed by atoms with Gasteiger partial charge in [-0.05, 0) is 67.6 Å². The first kappa shape index (κ1) is 16.6. The van der Waals surface area contributed by atoms with E-state index in [0.717, 1.165) is 30.2 Å². The van der Waals surface area contributed by atoms with Crippen molar-refractivity contribution in [2.24, 2.45) is 11.7 Å². The van der Waals surface area contributed by atoms with Crippen LogP contribution in [0.15, 0.2) is 22.8 Å². The molecule has 23 heavy (non-hydrogen) atoms. The number of nitrogens with zero attached hydrogens (tertiary/aromatic N) is 2. The van der Waals surface area contributed by atoms with Crippen molar-refractivity contribution in [2.75, 3.05) is 0 Å². The molecule has 1 saturated carbocycles. The van der Waals surface area contributed by atoms with E-state index in [1.54, 1.807) is 6.20 Å². The Balaban J connectivity index is 2.23. The Morgan fingerprint density at radius 1 is 1.26 bits per heavy atom. The maximum absolute atomic E-state index is 13.8. The molecule has 0 spiro atoms. The molecule has 0 amide bonds. The Hall–Kier alpha value is -1.27. The first-order valence-corrected chi connectivity index (χ1v) is 8.48. The molecule has 0 aliphatic heterocycles. The second-order valence-corrected chi connectivity index (χ2v) is 7.99. The summed E-state index contributed by atoms with van der Waals surface area (Å²) in [5.41, 5.74) is 8.28. The normalized spacial score (nSPS) is 16.7. The van der Waals surface area contributed by atoms with Crippen LogP contribution in [0.5, 0.6) is 0 Å². The predicted molar refractivity (Wildman–Crippen MR) is 89.9 cm³/mol. The van der Waals surface area contributed by atoms with Gasteiger partial charge in [0.2, 0.25) is 0 Å². The molecule has 1 aliphatic carbocycles. The molecule has 1 aliphatic rings. The lowest BCUT2D eigenvalue weighted by atomic mass is 9.98. The molecule has 2 N–H and O–H groups in total. The van der Waals surface area contributed by atoms with Gasteiger partial charge in [0.1, 0.15) is 0 Å². The van der Waals surface area contributed by atoms with Crippen LogP contribution in [-0.2, 0) is 5.54 Å². The lowest BCUT2D eigenvalue weighted by molar-refractivity contribution is 0.359. The van der Waals surface area contributed by atoms with Crippen LogP contribution in [0.3, 0.4) is 0 Å². The van der Waals surface area contributed by atoms with Crippen LogP contribution >= 0.6 is 15.9 Å². The Bertz CT molecular complexity index is 745. The van der Waals surface area contributed by atoms with Gasteiger partial charge in [0.15, 0.2) is 11.6 Å². The molecule has 124 valence electrons. The standard InChI is InChI=1S/C17H20BrF2N3/c1-17(2,3)23-16(10-6-13(19)14(20)7-12(10)18)11(8-22-23)15(21)9-4-5-9/h6-9,15H,4-5,21H2,1-3H3/t15-/m1/s1. The van der Waals surface area contributed by atoms with E-state index >= 15 is 0 Å². The van der Waals surface area contributed by atoms with E-state index in [1.165, 1.54) is 6.07 Å². The van der Waals surface area contributed by atoms with Crippen LogP contribution in [0, 0.1) is 17.6 Å². The van der Waals surface area contributed by atoms with E-state index in [2.05, 4.69) is 21.0 Å². The van der Waals surface area contributed by atoms with Crippen molar-refractivity contribution in [1.82, 2.24) is 9.78 Å². The number of hydrogen-bond donors (Lipinski definition) is 1. The molecule has 1 atom stereocenters. The highest BCUT2D eigenvalue weighted by atomic mass is 79.9. The third-order valence-corrected chi connectivity index (χ3v) is 4.84. The van der Waals surface area contributed by atoms with Crippen molar-refractivity contribution in [3.63, 3.8) is 0 Å². The monoisotopic (exact) mass is 383 g/mol. The number of nitrogens with two attached hydrogens (primary N) is 1. The second kappa shape index (κ2) is 5.67. The van der Waals surface area contributed by atoms with Gasteiger partial charge in [-0.3, -0.25) is 4.68 Å². The highest BCUT2D eigenvalue weighted by molar-refractivity contribution is 9.10. The Labute approximate surface area is 143 Å². The molecule has 0 saturated heterocycles. The maximum atomic E-state index is 13.8. The summed E-state index contributed by atoms with van der Waals surface area (Å²) in [7, 11) is 0. The van der Waals surface area contributed by atoms with Gasteiger partial charge in [-0.25, -0.2) is 8.78 Å². The van der Waals surface area contributed by atoms with E-state index in [-0.39, 0.29) is 11.6 Å². The van der Waals surface area contributed by atoms with E-state index < -0.39 is 11.6 Å². The van der Waals surface area contributed by atoms with Crippen LogP contribution in [0.25, 0.3) is 11.3 Å². The smallest absolute Gasteiger partial charge is 0.159 e. The van der Waals surface area contributed by atoms with Crippen LogP contribution in [-0.4, -0.2) is 9.78 Å². The molecule has 1 aromatic heterocycles. The van der Waals surface area contributed by atoms with Crippen molar-refractivity contribution in [3.05, 3.63) is 40.0 Å². The van der Waals surface area contributed by atoms with Gasteiger partial charge in [0.05, 0.1) is 17.4 Å². The van der Waals surface area contributed by atoms with Gasteiger partial charge in [-0.1, -0.05) is 0 Å². The van der Waals surface area contributed by atoms with Crippen LogP contribution in [0.1, 0.15) is 45.2 Å². The average molecular weight is 384 g/mol. The first-order chi connectivity index (χ1) is 10.7. The van der Waals surface area contributed by atoms with E-state index in [1.807, 2.05) is 25.5 Å². The third kappa shape index (κ3) is 3.06. The average Bonchev–Trinajstić information content (AvgIpc) is 3.19. The SMILES string of the molecule is CC(C)(C)n1ncc([C@H](N)C2CC2)c1-c1cc(F)c(F)cc1Br. The zero-order chi connectivity index (χ0) is 16.9. The fraction of sp³-hybridized carbons (Fsp3) is 0.471. The molecule has 0 bridgehead atoms. The fourth-order valence-electron chi connectivity index (χ4n) is 2.80. The summed E-state index contributed by atoms with van der Waals surface area (Å²) in [5.74, 6) is -1.32. The molecule has 1 heterocycles. The maximum Gasteiger partial charge on any atom is 0.159 e. The lowest BCUT2D eigenvalue weighted by Crippen LogP contribution is -2.25. The number of aromatic nitrogens is 2. The topological polar surface area (TPSA) is 43.8 Å². The van der Waals surface area contributed by atoms with Crippen molar-refractivity contribution in [2.45, 2.75) is 45.2 Å². The summed E-state index contributed by atoms with van der Waals surface area (Å²) < 4.78 is 29.6. The summed E-state index contributed by atoms with van der Waals surface area (Å²) in [4.78, 5) is 0. The summed E-state index contributed by atoms with van der Waals surface area (Å²) in [6.45, 7) is 6.05. The minimum Gasteiger partial charge on any atom is -0.324 e. The van der Waals surface area contributed by atoms with Gasteiger partial charge < -0.3 is 5.73 Å². The molecule has 3 rings (SSSR count). The van der Waals surface area contributed by atoms with Gasteiger partial charge >= 0.3 is 0 Å². The van der Waals surface area contributed by atoms with E-state index in [9.17, 15) is 8.78 Å². The molecule has 0 unspecified atom stereocenters. The van der Waals surface area contributed by atoms with Gasteiger partial charge in [-0.2, -0.15) is 5.10 Å². The van der Waals surface area contributed by atoms with Gasteiger partial charge in [-0.15, -0.1) is 0 Å². The number of halogens is 3. The first-order valence-electron chi connectivity index (χ1n) is 7.69. The zero-order valence-electron chi connectivity index (χ0n) is 13.4. The molecule has 6 heteroatoms. The molecule has 3 nitrogen and oxygen atoms in total. The highest BCUT2D eigenvalue weighted by Crippen LogP contribution is 2.44. The number of benzene rings is 1. The molecule has 2 aromatic rings. The van der Waals surface area contributed by atoms with Crippen LogP contribution < -0.4 is 5.73 Å². The van der Waals surface area contributed by atoms with Crippen LogP contribution in [0.2, 0.25) is 0 Å². The lowest BCUT2D eigenvalue weighted by Gasteiger charge is -2.24. The van der Waals surface area contributed by atoms with Gasteiger partial charge in [0, 0.05) is 21.6 Å². The summed E-state index contributed by atoms with van der Waals surface area (Å²) >= 11 is 3.35. The summed E-state index contributed by atoms with van der Waals surface area (Å²) in [5, 5.41) is 4.49. The molecule has 0 radical (unpaired) electrons. The highest BCUT2D eigenvalue weighted by Gasteiger charge is 2.34. The third-order valence-electron chi connectivity index (χ3n) is 4.19. The zero-order valence-corrected chi connectivity index (χ0v) is 15.0. The predicted octanol–water partition coefficient (Wildman–Crippen LogP) is 4.76. The summed E-state index contributed by atoms with van der Waals surface area (Å²) in [6.07, 6.45) is 3.96. The Kier molecular flexibility index (Phi) is 4.09. The molecular weight excluding hydrogens is 364 g/mol. The quantitative estimate of drug-likeness (QED) is 0.776. The molecular formula is C17H20BrF2N3. The second-order valence-electron chi connectivity index (χ2n) is 7.14. The van der Waals surface area contributed by atoms with E-state index in [0.29, 0.717) is 16.0 Å². The van der Waals surface area contributed by atoms with Crippen molar-refractivity contribution < 1.29 is 8.78 Å². The minimum atomic E-state index is -0.879. The number of rotatable bonds is 3. The molecule has 1 fully saturated rings. The minimum absolute atomic E-state index is 0.138. The van der Waals surface area contributed by atoms with Gasteiger partial charge in [0.25, 0.3) is 0 Å². The Morgan fingerprint density at radius 3 is 2.43 bits per heavy atom. The Morgan fingerprint density at radius 2 is 1.87 bits per heavy atom. The number of hydrogen-bond acceptors (Lipinski definition) is 2. The largest absolute Gasteiger partial charge is 0.324 e. The fourth-order valence-corrected chi connectivity index (χ4v) is 3.30. The van der Waals surface area contributed by atoms with Crippen molar-refractivity contribution >= 4 is 15.9 Å². The summed E-state index contributed by atoms with van der Waals surface area (Å²) in [6, 6.07) is 2.22.